The Bertz CT molecular complexity index is 504. The van der Waals surface area contributed by atoms with Crippen LogP contribution < -0.4 is 0 Å². The van der Waals surface area contributed by atoms with E-state index < -0.39 is 11.1 Å². The highest BCUT2D eigenvalue weighted by Gasteiger charge is 2.33. The molecule has 0 unspecified atom stereocenters. The van der Waals surface area contributed by atoms with Crippen molar-refractivity contribution >= 4 is 37.9 Å². The Morgan fingerprint density at radius 1 is 1.25 bits per heavy atom. The van der Waals surface area contributed by atoms with Crippen LogP contribution in [0.25, 0.3) is 9.40 Å². The normalized spacial score (nSPS) is 12.2. The number of fused-ring (bicyclic) bond motifs is 1. The maximum absolute atomic E-state index is 12.4. The fourth-order valence-corrected chi connectivity index (χ4v) is 3.56. The monoisotopic (exact) mass is 264 g/mol. The lowest BCUT2D eigenvalue weighted by Gasteiger charge is -2.00. The van der Waals surface area contributed by atoms with Crippen LogP contribution in [0.1, 0.15) is 27.9 Å². The Hall–Kier alpha value is -0.880. The third kappa shape index (κ3) is 1.99. The van der Waals surface area contributed by atoms with E-state index in [1.165, 1.54) is 0 Å². The zero-order valence-electron chi connectivity index (χ0n) is 8.22. The predicted molar refractivity (Wildman–Crippen MR) is 59.3 cm³/mol. The van der Waals surface area contributed by atoms with Gasteiger partial charge in [0.15, 0.2) is 5.78 Å². The van der Waals surface area contributed by atoms with Gasteiger partial charge in [-0.25, -0.2) is 0 Å². The number of hydrogen-bond acceptors (Lipinski definition) is 3. The maximum atomic E-state index is 12.4. The van der Waals surface area contributed by atoms with Crippen LogP contribution in [0, 0.1) is 0 Å². The Morgan fingerprint density at radius 3 is 2.38 bits per heavy atom. The van der Waals surface area contributed by atoms with Gasteiger partial charge in [0.2, 0.25) is 0 Å². The van der Waals surface area contributed by atoms with Crippen molar-refractivity contribution in [1.29, 1.82) is 0 Å². The van der Waals surface area contributed by atoms with Crippen molar-refractivity contribution in [3.05, 3.63) is 21.9 Å². The Kier molecular flexibility index (Phi) is 2.79. The molecule has 16 heavy (non-hydrogen) atoms. The van der Waals surface area contributed by atoms with E-state index in [9.17, 15) is 18.0 Å². The van der Waals surface area contributed by atoms with Crippen LogP contribution in [0.5, 0.6) is 0 Å². The molecule has 0 fully saturated rings. The predicted octanol–water partition coefficient (Wildman–Crippen LogP) is 4.57. The number of carbonyl (C=O) groups excluding carboxylic acids is 1. The van der Waals surface area contributed by atoms with Crippen LogP contribution in [0.2, 0.25) is 0 Å². The largest absolute Gasteiger partial charge is 0.425 e. The van der Waals surface area contributed by atoms with Crippen molar-refractivity contribution in [3.8, 4) is 0 Å². The SMILES string of the molecule is CCC(=O)c1cc2sc(C(F)(F)F)cc2s1. The van der Waals surface area contributed by atoms with Gasteiger partial charge in [-0.05, 0) is 12.1 Å². The van der Waals surface area contributed by atoms with Crippen molar-refractivity contribution < 1.29 is 18.0 Å². The average molecular weight is 264 g/mol. The zero-order valence-corrected chi connectivity index (χ0v) is 9.85. The summed E-state index contributed by atoms with van der Waals surface area (Å²) < 4.78 is 38.2. The van der Waals surface area contributed by atoms with Gasteiger partial charge < -0.3 is 0 Å². The topological polar surface area (TPSA) is 17.1 Å². The summed E-state index contributed by atoms with van der Waals surface area (Å²) >= 11 is 1.81. The summed E-state index contributed by atoms with van der Waals surface area (Å²) in [6, 6.07) is 2.66. The minimum absolute atomic E-state index is 0.0260. The molecule has 0 aliphatic rings. The first kappa shape index (κ1) is 11.6. The molecule has 2 aromatic heterocycles. The van der Waals surface area contributed by atoms with Gasteiger partial charge in [0.1, 0.15) is 4.88 Å². The molecule has 2 heterocycles. The summed E-state index contributed by atoms with van der Waals surface area (Å²) in [5.41, 5.74) is 0. The Morgan fingerprint density at radius 2 is 1.88 bits per heavy atom. The van der Waals surface area contributed by atoms with Crippen LogP contribution in [-0.4, -0.2) is 5.78 Å². The first-order valence-corrected chi connectivity index (χ1v) is 6.19. The molecule has 0 amide bonds. The Labute approximate surface area is 97.5 Å². The number of thiophene rings is 2. The average Bonchev–Trinajstić information content (AvgIpc) is 2.71. The fraction of sp³-hybridized carbons (Fsp3) is 0.300. The summed E-state index contributed by atoms with van der Waals surface area (Å²) in [6.45, 7) is 1.73. The molecule has 0 radical (unpaired) electrons. The highest BCUT2D eigenvalue weighted by Crippen LogP contribution is 2.41. The summed E-state index contributed by atoms with van der Waals surface area (Å²) in [6.07, 6.45) is -3.92. The Balaban J connectivity index is 2.44. The third-order valence-electron chi connectivity index (χ3n) is 2.08. The summed E-state index contributed by atoms with van der Waals surface area (Å²) in [5.74, 6) is -0.0260. The van der Waals surface area contributed by atoms with Crippen LogP contribution in [0.3, 0.4) is 0 Å². The second kappa shape index (κ2) is 3.85. The molecule has 0 aliphatic heterocycles. The standard InChI is InChI=1S/C10H7F3OS2/c1-2-5(14)6-3-7-8(15-6)4-9(16-7)10(11,12)13/h3-4H,2H2,1H3. The van der Waals surface area contributed by atoms with Gasteiger partial charge in [-0.2, -0.15) is 13.2 Å². The highest BCUT2D eigenvalue weighted by molar-refractivity contribution is 7.28. The number of Topliss-reactive ketones (excluding diaryl/α,β-unsaturated/α-hetero) is 1. The maximum Gasteiger partial charge on any atom is 0.425 e. The van der Waals surface area contributed by atoms with Crippen molar-refractivity contribution in [2.24, 2.45) is 0 Å². The zero-order chi connectivity index (χ0) is 11.9. The van der Waals surface area contributed by atoms with Crippen molar-refractivity contribution in [1.82, 2.24) is 0 Å². The molecular formula is C10H7F3OS2. The summed E-state index contributed by atoms with van der Waals surface area (Å²) in [4.78, 5) is 11.3. The second-order valence-corrected chi connectivity index (χ2v) is 5.39. The van der Waals surface area contributed by atoms with Crippen LogP contribution >= 0.6 is 22.7 Å². The van der Waals surface area contributed by atoms with E-state index >= 15 is 0 Å². The third-order valence-corrected chi connectivity index (χ3v) is 4.46. The van der Waals surface area contributed by atoms with Gasteiger partial charge in [0.05, 0.1) is 4.88 Å². The van der Waals surface area contributed by atoms with Crippen molar-refractivity contribution in [2.75, 3.05) is 0 Å². The highest BCUT2D eigenvalue weighted by atomic mass is 32.1. The minimum Gasteiger partial charge on any atom is -0.293 e. The summed E-state index contributed by atoms with van der Waals surface area (Å²) in [7, 11) is 0. The van der Waals surface area contributed by atoms with E-state index in [-0.39, 0.29) is 5.78 Å². The number of hydrogen-bond donors (Lipinski definition) is 0. The molecule has 0 atom stereocenters. The quantitative estimate of drug-likeness (QED) is 0.726. The van der Waals surface area contributed by atoms with E-state index in [4.69, 9.17) is 0 Å². The second-order valence-electron chi connectivity index (χ2n) is 3.22. The van der Waals surface area contributed by atoms with Gasteiger partial charge in [0, 0.05) is 15.8 Å². The van der Waals surface area contributed by atoms with E-state index in [0.29, 0.717) is 32.0 Å². The van der Waals surface area contributed by atoms with E-state index in [0.717, 1.165) is 17.4 Å². The molecule has 86 valence electrons. The molecule has 0 N–H and O–H groups in total. The van der Waals surface area contributed by atoms with Gasteiger partial charge in [0.25, 0.3) is 0 Å². The van der Waals surface area contributed by atoms with E-state index in [1.807, 2.05) is 0 Å². The lowest BCUT2D eigenvalue weighted by atomic mass is 10.2. The van der Waals surface area contributed by atoms with Gasteiger partial charge in [-0.15, -0.1) is 22.7 Å². The molecular weight excluding hydrogens is 257 g/mol. The molecule has 0 aliphatic carbocycles. The van der Waals surface area contributed by atoms with Crippen molar-refractivity contribution in [2.45, 2.75) is 19.5 Å². The lowest BCUT2D eigenvalue weighted by molar-refractivity contribution is -0.134. The number of alkyl halides is 3. The minimum atomic E-state index is -4.29. The number of halogens is 3. The molecule has 2 rings (SSSR count). The molecule has 0 aromatic carbocycles. The molecule has 0 saturated heterocycles. The fourth-order valence-electron chi connectivity index (χ4n) is 1.29. The molecule has 1 nitrogen and oxygen atoms in total. The first-order chi connectivity index (χ1) is 7.41. The van der Waals surface area contributed by atoms with Gasteiger partial charge in [-0.1, -0.05) is 6.92 Å². The van der Waals surface area contributed by atoms with Crippen LogP contribution in [0.15, 0.2) is 12.1 Å². The lowest BCUT2D eigenvalue weighted by Crippen LogP contribution is -2.00. The van der Waals surface area contributed by atoms with E-state index in [1.54, 1.807) is 13.0 Å². The molecule has 2 aromatic rings. The molecule has 0 saturated carbocycles. The molecule has 0 spiro atoms. The number of ketones is 1. The van der Waals surface area contributed by atoms with Crippen LogP contribution in [0.4, 0.5) is 13.2 Å². The first-order valence-electron chi connectivity index (χ1n) is 4.55. The number of carbonyl (C=O) groups is 1. The molecule has 6 heteroatoms. The van der Waals surface area contributed by atoms with Gasteiger partial charge in [-0.3, -0.25) is 4.79 Å². The van der Waals surface area contributed by atoms with Gasteiger partial charge >= 0.3 is 6.18 Å². The summed E-state index contributed by atoms with van der Waals surface area (Å²) in [5, 5.41) is 0. The van der Waals surface area contributed by atoms with Crippen LogP contribution in [-0.2, 0) is 6.18 Å². The van der Waals surface area contributed by atoms with E-state index in [2.05, 4.69) is 0 Å². The molecule has 0 bridgehead atoms. The van der Waals surface area contributed by atoms with Crippen molar-refractivity contribution in [3.63, 3.8) is 0 Å². The number of rotatable bonds is 2. The smallest absolute Gasteiger partial charge is 0.293 e.